The van der Waals surface area contributed by atoms with Crippen LogP contribution in [0.15, 0.2) is 54.6 Å². The van der Waals surface area contributed by atoms with Gasteiger partial charge in [-0.25, -0.2) is 0 Å². The molecule has 2 aromatic rings. The number of carbonyl (C=O) groups is 1. The van der Waals surface area contributed by atoms with Crippen molar-refractivity contribution in [2.45, 2.75) is 45.2 Å². The van der Waals surface area contributed by atoms with Gasteiger partial charge in [0.1, 0.15) is 5.75 Å². The third kappa shape index (κ3) is 4.89. The van der Waals surface area contributed by atoms with Crippen molar-refractivity contribution in [1.82, 2.24) is 4.90 Å². The van der Waals surface area contributed by atoms with E-state index in [-0.39, 0.29) is 11.9 Å². The van der Waals surface area contributed by atoms with Gasteiger partial charge in [-0.05, 0) is 69.5 Å². The normalized spacial score (nSPS) is 17.3. The van der Waals surface area contributed by atoms with Crippen LogP contribution in [-0.4, -0.2) is 43.1 Å². The molecule has 1 amide bonds. The van der Waals surface area contributed by atoms with Crippen LogP contribution >= 0.6 is 0 Å². The zero-order valence-electron chi connectivity index (χ0n) is 16.6. The van der Waals surface area contributed by atoms with E-state index in [1.165, 1.54) is 5.56 Å². The second kappa shape index (κ2) is 9.05. The molecule has 27 heavy (non-hydrogen) atoms. The van der Waals surface area contributed by atoms with Crippen molar-refractivity contribution in [1.29, 1.82) is 0 Å². The van der Waals surface area contributed by atoms with Crippen LogP contribution in [0.3, 0.4) is 0 Å². The van der Waals surface area contributed by atoms with E-state index < -0.39 is 0 Å². The fourth-order valence-corrected chi connectivity index (χ4v) is 3.97. The zero-order valence-corrected chi connectivity index (χ0v) is 16.6. The summed E-state index contributed by atoms with van der Waals surface area (Å²) in [5.74, 6) is 1.07. The summed E-state index contributed by atoms with van der Waals surface area (Å²) in [6.45, 7) is 5.61. The van der Waals surface area contributed by atoms with Crippen molar-refractivity contribution in [2.24, 2.45) is 0 Å². The minimum atomic E-state index is 0.138. The average Bonchev–Trinajstić information content (AvgIpc) is 3.09. The van der Waals surface area contributed by atoms with Gasteiger partial charge in [0.05, 0.1) is 13.7 Å². The van der Waals surface area contributed by atoms with E-state index in [9.17, 15) is 4.79 Å². The molecule has 0 unspecified atom stereocenters. The van der Waals surface area contributed by atoms with Gasteiger partial charge in [-0.3, -0.25) is 9.69 Å². The Balaban J connectivity index is 1.68. The third-order valence-corrected chi connectivity index (χ3v) is 5.26. The molecule has 0 spiro atoms. The number of benzene rings is 2. The van der Waals surface area contributed by atoms with Crippen molar-refractivity contribution in [2.75, 3.05) is 25.1 Å². The molecular weight excluding hydrogens is 336 g/mol. The summed E-state index contributed by atoms with van der Waals surface area (Å²) in [6.07, 6.45) is 3.24. The number of ether oxygens (including phenoxy) is 1. The molecule has 3 rings (SSSR count). The standard InChI is InChI=1S/C23H30N2O2/c1-18(2)25(20-10-5-4-6-11-20)23(26)17-24-14-8-12-21(24)15-19-9-7-13-22(16-19)27-3/h4-7,9-11,13,16,18,21H,8,12,14-15,17H2,1-3H3/t21-/m0/s1. The van der Waals surface area contributed by atoms with Gasteiger partial charge in [0.15, 0.2) is 0 Å². The Morgan fingerprint density at radius 2 is 1.96 bits per heavy atom. The van der Waals surface area contributed by atoms with Crippen molar-refractivity contribution in [3.8, 4) is 5.75 Å². The predicted octanol–water partition coefficient (Wildman–Crippen LogP) is 4.14. The van der Waals surface area contributed by atoms with Crippen LogP contribution in [0.4, 0.5) is 5.69 Å². The number of likely N-dealkylation sites (tertiary alicyclic amines) is 1. The molecule has 1 aliphatic rings. The van der Waals surface area contributed by atoms with Crippen LogP contribution < -0.4 is 9.64 Å². The molecule has 1 saturated heterocycles. The molecule has 1 fully saturated rings. The lowest BCUT2D eigenvalue weighted by Crippen LogP contribution is -2.45. The number of carbonyl (C=O) groups excluding carboxylic acids is 1. The molecule has 0 bridgehead atoms. The number of para-hydroxylation sites is 1. The summed E-state index contributed by atoms with van der Waals surface area (Å²) in [5, 5.41) is 0. The van der Waals surface area contributed by atoms with Crippen LogP contribution in [0.1, 0.15) is 32.3 Å². The van der Waals surface area contributed by atoms with Crippen LogP contribution in [0.25, 0.3) is 0 Å². The largest absolute Gasteiger partial charge is 0.497 e. The first-order valence-corrected chi connectivity index (χ1v) is 9.82. The number of anilines is 1. The quantitative estimate of drug-likeness (QED) is 0.738. The highest BCUT2D eigenvalue weighted by Crippen LogP contribution is 2.24. The zero-order chi connectivity index (χ0) is 19.2. The summed E-state index contributed by atoms with van der Waals surface area (Å²) >= 11 is 0. The topological polar surface area (TPSA) is 32.8 Å². The molecule has 0 aromatic heterocycles. The van der Waals surface area contributed by atoms with Gasteiger partial charge in [-0.2, -0.15) is 0 Å². The van der Waals surface area contributed by atoms with E-state index in [0.29, 0.717) is 12.6 Å². The highest BCUT2D eigenvalue weighted by Gasteiger charge is 2.29. The maximum atomic E-state index is 13.1. The maximum absolute atomic E-state index is 13.1. The maximum Gasteiger partial charge on any atom is 0.241 e. The number of methoxy groups -OCH3 is 1. The minimum Gasteiger partial charge on any atom is -0.497 e. The smallest absolute Gasteiger partial charge is 0.241 e. The van der Waals surface area contributed by atoms with Gasteiger partial charge < -0.3 is 9.64 Å². The fraction of sp³-hybridized carbons (Fsp3) is 0.435. The lowest BCUT2D eigenvalue weighted by molar-refractivity contribution is -0.120. The molecular formula is C23H30N2O2. The van der Waals surface area contributed by atoms with Crippen LogP contribution in [0.2, 0.25) is 0 Å². The Morgan fingerprint density at radius 3 is 2.67 bits per heavy atom. The van der Waals surface area contributed by atoms with E-state index in [1.54, 1.807) is 7.11 Å². The minimum absolute atomic E-state index is 0.138. The summed E-state index contributed by atoms with van der Waals surface area (Å²) in [6, 6.07) is 18.8. The number of hydrogen-bond acceptors (Lipinski definition) is 3. The first-order chi connectivity index (χ1) is 13.1. The third-order valence-electron chi connectivity index (χ3n) is 5.26. The molecule has 4 nitrogen and oxygen atoms in total. The van der Waals surface area contributed by atoms with E-state index in [1.807, 2.05) is 47.4 Å². The van der Waals surface area contributed by atoms with Crippen LogP contribution in [0.5, 0.6) is 5.75 Å². The van der Waals surface area contributed by atoms with Gasteiger partial charge in [-0.15, -0.1) is 0 Å². The number of amides is 1. The van der Waals surface area contributed by atoms with Crippen LogP contribution in [-0.2, 0) is 11.2 Å². The van der Waals surface area contributed by atoms with Gasteiger partial charge in [0, 0.05) is 17.8 Å². The Labute approximate surface area is 162 Å². The van der Waals surface area contributed by atoms with E-state index in [4.69, 9.17) is 4.74 Å². The fourth-order valence-electron chi connectivity index (χ4n) is 3.97. The number of rotatable bonds is 7. The summed E-state index contributed by atoms with van der Waals surface area (Å²) < 4.78 is 5.34. The summed E-state index contributed by atoms with van der Waals surface area (Å²) in [4.78, 5) is 17.4. The van der Waals surface area contributed by atoms with Gasteiger partial charge in [0.2, 0.25) is 5.91 Å². The molecule has 0 radical (unpaired) electrons. The van der Waals surface area contributed by atoms with Gasteiger partial charge in [-0.1, -0.05) is 30.3 Å². The Hall–Kier alpha value is -2.33. The SMILES string of the molecule is COc1cccc(C[C@@H]2CCCN2CC(=O)N(c2ccccc2)C(C)C)c1. The first-order valence-electron chi connectivity index (χ1n) is 9.82. The second-order valence-corrected chi connectivity index (χ2v) is 7.52. The molecule has 0 saturated carbocycles. The van der Waals surface area contributed by atoms with Gasteiger partial charge in [0.25, 0.3) is 0 Å². The molecule has 1 aliphatic heterocycles. The van der Waals surface area contributed by atoms with E-state index in [2.05, 4.69) is 30.9 Å². The monoisotopic (exact) mass is 366 g/mol. The predicted molar refractivity (Wildman–Crippen MR) is 110 cm³/mol. The molecule has 2 aromatic carbocycles. The number of hydrogen-bond donors (Lipinski definition) is 0. The molecule has 1 atom stereocenters. The molecule has 4 heteroatoms. The second-order valence-electron chi connectivity index (χ2n) is 7.52. The lowest BCUT2D eigenvalue weighted by atomic mass is 10.0. The van der Waals surface area contributed by atoms with E-state index >= 15 is 0 Å². The number of nitrogens with zero attached hydrogens (tertiary/aromatic N) is 2. The summed E-state index contributed by atoms with van der Waals surface area (Å²) in [7, 11) is 1.70. The average molecular weight is 367 g/mol. The lowest BCUT2D eigenvalue weighted by Gasteiger charge is -2.31. The van der Waals surface area contributed by atoms with Crippen molar-refractivity contribution >= 4 is 11.6 Å². The summed E-state index contributed by atoms with van der Waals surface area (Å²) in [5.41, 5.74) is 2.24. The van der Waals surface area contributed by atoms with Crippen molar-refractivity contribution < 1.29 is 9.53 Å². The molecule has 0 aliphatic carbocycles. The highest BCUT2D eigenvalue weighted by atomic mass is 16.5. The van der Waals surface area contributed by atoms with E-state index in [0.717, 1.165) is 37.2 Å². The van der Waals surface area contributed by atoms with Crippen molar-refractivity contribution in [3.63, 3.8) is 0 Å². The van der Waals surface area contributed by atoms with Gasteiger partial charge >= 0.3 is 0 Å². The Kier molecular flexibility index (Phi) is 6.51. The Morgan fingerprint density at radius 1 is 1.19 bits per heavy atom. The first kappa shape index (κ1) is 19.4. The molecule has 0 N–H and O–H groups in total. The molecule has 144 valence electrons. The Bertz CT molecular complexity index is 745. The highest BCUT2D eigenvalue weighted by molar-refractivity contribution is 5.95. The molecule has 1 heterocycles. The van der Waals surface area contributed by atoms with Crippen molar-refractivity contribution in [3.05, 3.63) is 60.2 Å². The van der Waals surface area contributed by atoms with Crippen LogP contribution in [0, 0.1) is 0 Å².